The highest BCUT2D eigenvalue weighted by molar-refractivity contribution is 7.10. The van der Waals surface area contributed by atoms with Crippen LogP contribution in [0.25, 0.3) is 11.1 Å². The summed E-state index contributed by atoms with van der Waals surface area (Å²) in [4.78, 5) is 12.1. The highest BCUT2D eigenvalue weighted by Gasteiger charge is 2.08. The van der Waals surface area contributed by atoms with Crippen LogP contribution >= 0.6 is 22.9 Å². The molecule has 0 aliphatic heterocycles. The van der Waals surface area contributed by atoms with E-state index < -0.39 is 0 Å². The van der Waals surface area contributed by atoms with Crippen LogP contribution in [0.1, 0.15) is 15.2 Å². The maximum absolute atomic E-state index is 10.9. The third-order valence-electron chi connectivity index (χ3n) is 2.29. The Balaban J connectivity index is 2.63. The van der Waals surface area contributed by atoms with Crippen LogP contribution in [-0.4, -0.2) is 6.29 Å². The van der Waals surface area contributed by atoms with Crippen molar-refractivity contribution < 1.29 is 4.79 Å². The number of aldehydes is 1. The zero-order valence-corrected chi connectivity index (χ0v) is 9.73. The van der Waals surface area contributed by atoms with Gasteiger partial charge in [0.25, 0.3) is 0 Å². The van der Waals surface area contributed by atoms with Crippen LogP contribution < -0.4 is 0 Å². The Morgan fingerprint density at radius 3 is 2.67 bits per heavy atom. The first kappa shape index (κ1) is 10.4. The van der Waals surface area contributed by atoms with Gasteiger partial charge in [0.1, 0.15) is 0 Å². The lowest BCUT2D eigenvalue weighted by atomic mass is 10.0. The standard InChI is InChI=1S/C12H9ClOS/c1-8-11(4-5-15-8)12-3-2-10(13)6-9(12)7-14/h2-7H,1H3. The number of rotatable bonds is 2. The van der Waals surface area contributed by atoms with Gasteiger partial charge in [0.05, 0.1) is 0 Å². The Morgan fingerprint density at radius 1 is 1.27 bits per heavy atom. The fraction of sp³-hybridized carbons (Fsp3) is 0.0833. The number of carbonyl (C=O) groups excluding carboxylic acids is 1. The Labute approximate surface area is 97.3 Å². The molecule has 0 saturated carbocycles. The molecule has 0 N–H and O–H groups in total. The van der Waals surface area contributed by atoms with Crippen LogP contribution in [0.5, 0.6) is 0 Å². The van der Waals surface area contributed by atoms with Gasteiger partial charge in [-0.3, -0.25) is 4.79 Å². The van der Waals surface area contributed by atoms with Crippen molar-refractivity contribution in [1.29, 1.82) is 0 Å². The molecule has 1 heterocycles. The summed E-state index contributed by atoms with van der Waals surface area (Å²) in [5.41, 5.74) is 2.70. The molecular formula is C12H9ClOS. The van der Waals surface area contributed by atoms with Gasteiger partial charge in [-0.1, -0.05) is 17.7 Å². The van der Waals surface area contributed by atoms with Gasteiger partial charge < -0.3 is 0 Å². The van der Waals surface area contributed by atoms with Gasteiger partial charge in [0.15, 0.2) is 6.29 Å². The molecule has 2 rings (SSSR count). The van der Waals surface area contributed by atoms with Crippen LogP contribution in [0.15, 0.2) is 29.6 Å². The third kappa shape index (κ3) is 1.96. The minimum atomic E-state index is 0.591. The molecule has 0 saturated heterocycles. The summed E-state index contributed by atoms with van der Waals surface area (Å²) >= 11 is 7.51. The first-order valence-corrected chi connectivity index (χ1v) is 5.77. The van der Waals surface area contributed by atoms with E-state index in [9.17, 15) is 4.79 Å². The highest BCUT2D eigenvalue weighted by atomic mass is 35.5. The van der Waals surface area contributed by atoms with Gasteiger partial charge in [0, 0.05) is 15.5 Å². The molecule has 3 heteroatoms. The van der Waals surface area contributed by atoms with Crippen molar-refractivity contribution in [3.63, 3.8) is 0 Å². The fourth-order valence-corrected chi connectivity index (χ4v) is 2.43. The molecule has 76 valence electrons. The van der Waals surface area contributed by atoms with Crippen LogP contribution in [0.4, 0.5) is 0 Å². The number of halogens is 1. The minimum Gasteiger partial charge on any atom is -0.298 e. The summed E-state index contributed by atoms with van der Waals surface area (Å²) < 4.78 is 0. The number of benzene rings is 1. The van der Waals surface area contributed by atoms with Crippen LogP contribution in [-0.2, 0) is 0 Å². The predicted molar refractivity (Wildman–Crippen MR) is 64.9 cm³/mol. The summed E-state index contributed by atoms with van der Waals surface area (Å²) in [5.74, 6) is 0. The van der Waals surface area contributed by atoms with Crippen LogP contribution in [0, 0.1) is 6.92 Å². The molecule has 0 fully saturated rings. The van der Waals surface area contributed by atoms with Gasteiger partial charge in [-0.15, -0.1) is 11.3 Å². The average molecular weight is 237 g/mol. The van der Waals surface area contributed by atoms with Gasteiger partial charge in [-0.05, 0) is 41.6 Å². The SMILES string of the molecule is Cc1sccc1-c1ccc(Cl)cc1C=O. The van der Waals surface area contributed by atoms with Gasteiger partial charge in [-0.2, -0.15) is 0 Å². The zero-order chi connectivity index (χ0) is 10.8. The third-order valence-corrected chi connectivity index (χ3v) is 3.37. The summed E-state index contributed by atoms with van der Waals surface area (Å²) in [7, 11) is 0. The molecular weight excluding hydrogens is 228 g/mol. The largest absolute Gasteiger partial charge is 0.298 e. The molecule has 2 aromatic rings. The van der Waals surface area contributed by atoms with Crippen molar-refractivity contribution >= 4 is 29.2 Å². The summed E-state index contributed by atoms with van der Waals surface area (Å²) in [6, 6.07) is 7.42. The molecule has 0 spiro atoms. The molecule has 0 aliphatic rings. The zero-order valence-electron chi connectivity index (χ0n) is 8.16. The smallest absolute Gasteiger partial charge is 0.150 e. The molecule has 1 nitrogen and oxygen atoms in total. The van der Waals surface area contributed by atoms with E-state index >= 15 is 0 Å². The minimum absolute atomic E-state index is 0.591. The summed E-state index contributed by atoms with van der Waals surface area (Å²) in [6.07, 6.45) is 0.846. The predicted octanol–water partition coefficient (Wildman–Crippen LogP) is 4.19. The van der Waals surface area contributed by atoms with E-state index in [1.807, 2.05) is 24.4 Å². The number of hydrogen-bond acceptors (Lipinski definition) is 2. The Kier molecular flexibility index (Phi) is 2.89. The number of hydrogen-bond donors (Lipinski definition) is 0. The van der Waals surface area contributed by atoms with Crippen molar-refractivity contribution in [3.05, 3.63) is 45.1 Å². The quantitative estimate of drug-likeness (QED) is 0.715. The lowest BCUT2D eigenvalue weighted by Gasteiger charge is -2.04. The second-order valence-electron chi connectivity index (χ2n) is 3.24. The van der Waals surface area contributed by atoms with E-state index in [1.165, 1.54) is 4.88 Å². The van der Waals surface area contributed by atoms with E-state index in [0.717, 1.165) is 17.4 Å². The van der Waals surface area contributed by atoms with Gasteiger partial charge >= 0.3 is 0 Å². The maximum Gasteiger partial charge on any atom is 0.150 e. The number of thiophene rings is 1. The highest BCUT2D eigenvalue weighted by Crippen LogP contribution is 2.30. The molecule has 1 aromatic carbocycles. The Morgan fingerprint density at radius 2 is 2.07 bits per heavy atom. The molecule has 0 unspecified atom stereocenters. The maximum atomic E-state index is 10.9. The van der Waals surface area contributed by atoms with E-state index in [4.69, 9.17) is 11.6 Å². The average Bonchev–Trinajstić information content (AvgIpc) is 2.64. The van der Waals surface area contributed by atoms with Crippen molar-refractivity contribution in [2.75, 3.05) is 0 Å². The van der Waals surface area contributed by atoms with E-state index in [2.05, 4.69) is 0 Å². The molecule has 1 aromatic heterocycles. The molecule has 0 radical (unpaired) electrons. The van der Waals surface area contributed by atoms with Gasteiger partial charge in [0.2, 0.25) is 0 Å². The molecule has 0 amide bonds. The normalized spacial score (nSPS) is 10.3. The molecule has 15 heavy (non-hydrogen) atoms. The Bertz CT molecular complexity index is 502. The number of carbonyl (C=O) groups is 1. The second-order valence-corrected chi connectivity index (χ2v) is 4.80. The monoisotopic (exact) mass is 236 g/mol. The lowest BCUT2D eigenvalue weighted by molar-refractivity contribution is 0.112. The first-order chi connectivity index (χ1) is 7.22. The molecule has 0 aliphatic carbocycles. The van der Waals surface area contributed by atoms with Crippen LogP contribution in [0.2, 0.25) is 5.02 Å². The van der Waals surface area contributed by atoms with Crippen molar-refractivity contribution in [3.8, 4) is 11.1 Å². The van der Waals surface area contributed by atoms with Crippen molar-refractivity contribution in [1.82, 2.24) is 0 Å². The summed E-state index contributed by atoms with van der Waals surface area (Å²) in [6.45, 7) is 2.04. The first-order valence-electron chi connectivity index (χ1n) is 4.51. The fourth-order valence-electron chi connectivity index (χ4n) is 1.54. The van der Waals surface area contributed by atoms with E-state index in [1.54, 1.807) is 23.5 Å². The van der Waals surface area contributed by atoms with E-state index in [-0.39, 0.29) is 0 Å². The molecule has 0 bridgehead atoms. The lowest BCUT2D eigenvalue weighted by Crippen LogP contribution is -1.87. The summed E-state index contributed by atoms with van der Waals surface area (Å²) in [5, 5.41) is 2.61. The van der Waals surface area contributed by atoms with Gasteiger partial charge in [-0.25, -0.2) is 0 Å². The van der Waals surface area contributed by atoms with E-state index in [0.29, 0.717) is 10.6 Å². The Hall–Kier alpha value is -1.12. The van der Waals surface area contributed by atoms with Crippen LogP contribution in [0.3, 0.4) is 0 Å². The van der Waals surface area contributed by atoms with Crippen molar-refractivity contribution in [2.24, 2.45) is 0 Å². The second kappa shape index (κ2) is 4.17. The number of aryl methyl sites for hydroxylation is 1. The topological polar surface area (TPSA) is 17.1 Å². The van der Waals surface area contributed by atoms with Crippen molar-refractivity contribution in [2.45, 2.75) is 6.92 Å². The molecule has 0 atom stereocenters.